The van der Waals surface area contributed by atoms with Crippen molar-refractivity contribution in [2.24, 2.45) is 0 Å². The van der Waals surface area contributed by atoms with E-state index in [1.54, 1.807) is 6.92 Å². The van der Waals surface area contributed by atoms with Crippen molar-refractivity contribution in [3.05, 3.63) is 35.7 Å². The van der Waals surface area contributed by atoms with E-state index in [9.17, 15) is 18.0 Å². The monoisotopic (exact) mass is 318 g/mol. The minimum Gasteiger partial charge on any atom is -0.459 e. The molecule has 9 heteroatoms. The van der Waals surface area contributed by atoms with Gasteiger partial charge in [-0.3, -0.25) is 0 Å². The van der Waals surface area contributed by atoms with Gasteiger partial charge in [-0.25, -0.2) is 4.79 Å². The molecule has 0 atom stereocenters. The van der Waals surface area contributed by atoms with Crippen molar-refractivity contribution in [3.63, 3.8) is 0 Å². The Balaban J connectivity index is 2.07. The van der Waals surface area contributed by atoms with Gasteiger partial charge in [0.2, 0.25) is 0 Å². The predicted octanol–water partition coefficient (Wildman–Crippen LogP) is 3.42. The van der Waals surface area contributed by atoms with Crippen LogP contribution < -0.4 is 0 Å². The topological polar surface area (TPSA) is 65.2 Å². The minimum atomic E-state index is -4.38. The number of nitrogens with zero attached hydrogens (tertiary/aromatic N) is 2. The van der Waals surface area contributed by atoms with Gasteiger partial charge in [0.05, 0.1) is 12.2 Å². The first-order valence-electron chi connectivity index (χ1n) is 5.76. The standard InChI is InChI=1S/C12H9F3N2O3S/c1-2-19-10(18)9-16-17-11(20-9)21-8-5-3-7(4-6-8)12(13,14)15/h3-6H,2H2,1H3. The molecule has 0 saturated heterocycles. The molecule has 1 heterocycles. The zero-order valence-corrected chi connectivity index (χ0v) is 11.5. The number of hydrogen-bond acceptors (Lipinski definition) is 6. The number of rotatable bonds is 4. The highest BCUT2D eigenvalue weighted by molar-refractivity contribution is 7.99. The molecular formula is C12H9F3N2O3S. The molecule has 0 N–H and O–H groups in total. The van der Waals surface area contributed by atoms with E-state index in [1.807, 2.05) is 0 Å². The average Bonchev–Trinajstić information content (AvgIpc) is 2.87. The second-order valence-corrected chi connectivity index (χ2v) is 4.74. The number of benzene rings is 1. The first-order valence-corrected chi connectivity index (χ1v) is 6.57. The lowest BCUT2D eigenvalue weighted by atomic mass is 10.2. The van der Waals surface area contributed by atoms with Crippen LogP contribution in [0, 0.1) is 0 Å². The van der Waals surface area contributed by atoms with E-state index in [0.717, 1.165) is 23.9 Å². The Morgan fingerprint density at radius 1 is 1.29 bits per heavy atom. The molecule has 1 aromatic heterocycles. The maximum absolute atomic E-state index is 12.4. The van der Waals surface area contributed by atoms with Crippen LogP contribution in [0.15, 0.2) is 38.8 Å². The van der Waals surface area contributed by atoms with Crippen molar-refractivity contribution in [3.8, 4) is 0 Å². The van der Waals surface area contributed by atoms with Crippen LogP contribution >= 0.6 is 11.8 Å². The normalized spacial score (nSPS) is 11.4. The molecule has 2 aromatic rings. The first-order chi connectivity index (χ1) is 9.90. The van der Waals surface area contributed by atoms with Crippen molar-refractivity contribution >= 4 is 17.7 Å². The minimum absolute atomic E-state index is 0.0396. The van der Waals surface area contributed by atoms with Gasteiger partial charge in [-0.15, -0.1) is 5.10 Å². The summed E-state index contributed by atoms with van der Waals surface area (Å²) in [5.74, 6) is -1.05. The molecular weight excluding hydrogens is 309 g/mol. The fraction of sp³-hybridized carbons (Fsp3) is 0.250. The van der Waals surface area contributed by atoms with Crippen LogP contribution in [0.5, 0.6) is 0 Å². The molecule has 112 valence electrons. The predicted molar refractivity (Wildman–Crippen MR) is 65.8 cm³/mol. The van der Waals surface area contributed by atoms with Crippen LogP contribution in [-0.2, 0) is 10.9 Å². The van der Waals surface area contributed by atoms with Gasteiger partial charge < -0.3 is 9.15 Å². The molecule has 0 saturated carbocycles. The number of aromatic nitrogens is 2. The second-order valence-electron chi connectivity index (χ2n) is 3.72. The Labute approximate surface area is 121 Å². The molecule has 5 nitrogen and oxygen atoms in total. The molecule has 0 spiro atoms. The van der Waals surface area contributed by atoms with Gasteiger partial charge in [-0.1, -0.05) is 5.10 Å². The summed E-state index contributed by atoms with van der Waals surface area (Å²) in [6.45, 7) is 1.80. The number of esters is 1. The fourth-order valence-electron chi connectivity index (χ4n) is 1.34. The molecule has 2 rings (SSSR count). The molecule has 0 fully saturated rings. The Kier molecular flexibility index (Phi) is 4.51. The third-order valence-electron chi connectivity index (χ3n) is 2.24. The SMILES string of the molecule is CCOC(=O)c1nnc(Sc2ccc(C(F)(F)F)cc2)o1. The highest BCUT2D eigenvalue weighted by Gasteiger charge is 2.30. The summed E-state index contributed by atoms with van der Waals surface area (Å²) in [6.07, 6.45) is -4.38. The zero-order chi connectivity index (χ0) is 15.5. The van der Waals surface area contributed by atoms with Gasteiger partial charge in [0.1, 0.15) is 0 Å². The Morgan fingerprint density at radius 2 is 1.95 bits per heavy atom. The number of alkyl halides is 3. The van der Waals surface area contributed by atoms with Gasteiger partial charge in [-0.05, 0) is 43.0 Å². The van der Waals surface area contributed by atoms with E-state index in [4.69, 9.17) is 4.42 Å². The van der Waals surface area contributed by atoms with Gasteiger partial charge in [-0.2, -0.15) is 13.2 Å². The van der Waals surface area contributed by atoms with E-state index in [1.165, 1.54) is 12.1 Å². The maximum atomic E-state index is 12.4. The summed E-state index contributed by atoms with van der Waals surface area (Å²) in [4.78, 5) is 11.8. The summed E-state index contributed by atoms with van der Waals surface area (Å²) < 4.78 is 47.0. The molecule has 1 aromatic carbocycles. The van der Waals surface area contributed by atoms with Gasteiger partial charge in [0, 0.05) is 4.90 Å². The molecule has 0 aliphatic carbocycles. The van der Waals surface area contributed by atoms with Crippen LogP contribution in [0.2, 0.25) is 0 Å². The molecule has 0 aliphatic rings. The fourth-order valence-corrected chi connectivity index (χ4v) is 2.02. The van der Waals surface area contributed by atoms with Crippen LogP contribution in [0.25, 0.3) is 0 Å². The lowest BCUT2D eigenvalue weighted by Crippen LogP contribution is -2.04. The van der Waals surface area contributed by atoms with Crippen molar-refractivity contribution in [2.75, 3.05) is 6.61 Å². The summed E-state index contributed by atoms with van der Waals surface area (Å²) in [5.41, 5.74) is -0.746. The Bertz CT molecular complexity index is 625. The third-order valence-corrected chi connectivity index (χ3v) is 3.09. The largest absolute Gasteiger partial charge is 0.459 e. The van der Waals surface area contributed by atoms with E-state index < -0.39 is 17.7 Å². The van der Waals surface area contributed by atoms with Crippen LogP contribution in [0.1, 0.15) is 23.2 Å². The number of carbonyl (C=O) groups excluding carboxylic acids is 1. The van der Waals surface area contributed by atoms with Gasteiger partial charge in [0.25, 0.3) is 5.22 Å². The van der Waals surface area contributed by atoms with E-state index in [0.29, 0.717) is 4.90 Å². The van der Waals surface area contributed by atoms with Crippen molar-refractivity contribution < 1.29 is 27.1 Å². The van der Waals surface area contributed by atoms with Crippen LogP contribution in [0.3, 0.4) is 0 Å². The molecule has 0 radical (unpaired) electrons. The van der Waals surface area contributed by atoms with E-state index in [-0.39, 0.29) is 17.7 Å². The number of halogens is 3. The molecule has 0 amide bonds. The smallest absolute Gasteiger partial charge is 0.416 e. The second kappa shape index (κ2) is 6.17. The quantitative estimate of drug-likeness (QED) is 0.805. The van der Waals surface area contributed by atoms with E-state index >= 15 is 0 Å². The lowest BCUT2D eigenvalue weighted by Gasteiger charge is -2.06. The zero-order valence-electron chi connectivity index (χ0n) is 10.7. The molecule has 0 aliphatic heterocycles. The van der Waals surface area contributed by atoms with Gasteiger partial charge in [0.15, 0.2) is 0 Å². The van der Waals surface area contributed by atoms with Gasteiger partial charge >= 0.3 is 18.0 Å². The maximum Gasteiger partial charge on any atom is 0.416 e. The number of carbonyl (C=O) groups is 1. The lowest BCUT2D eigenvalue weighted by molar-refractivity contribution is -0.137. The van der Waals surface area contributed by atoms with Crippen molar-refractivity contribution in [1.82, 2.24) is 10.2 Å². The van der Waals surface area contributed by atoms with Crippen molar-refractivity contribution in [1.29, 1.82) is 0 Å². The first kappa shape index (κ1) is 15.4. The summed E-state index contributed by atoms with van der Waals surface area (Å²) in [6, 6.07) is 4.46. The molecule has 0 bridgehead atoms. The molecule has 0 unspecified atom stereocenters. The average molecular weight is 318 g/mol. The Morgan fingerprint density at radius 3 is 2.52 bits per heavy atom. The summed E-state index contributed by atoms with van der Waals surface area (Å²) >= 11 is 0.948. The highest BCUT2D eigenvalue weighted by atomic mass is 32.2. The van der Waals surface area contributed by atoms with Crippen molar-refractivity contribution in [2.45, 2.75) is 23.2 Å². The highest BCUT2D eigenvalue weighted by Crippen LogP contribution is 2.32. The summed E-state index contributed by atoms with van der Waals surface area (Å²) in [5, 5.41) is 7.14. The molecule has 21 heavy (non-hydrogen) atoms. The van der Waals surface area contributed by atoms with Crippen LogP contribution in [-0.4, -0.2) is 22.8 Å². The van der Waals surface area contributed by atoms with E-state index in [2.05, 4.69) is 14.9 Å². The Hall–Kier alpha value is -2.03. The third kappa shape index (κ3) is 3.97. The van der Waals surface area contributed by atoms with Crippen LogP contribution in [0.4, 0.5) is 13.2 Å². The number of hydrogen-bond donors (Lipinski definition) is 0. The number of ether oxygens (including phenoxy) is 1. The summed E-state index contributed by atoms with van der Waals surface area (Å²) in [7, 11) is 0.